The van der Waals surface area contributed by atoms with Crippen LogP contribution in [-0.2, 0) is 14.9 Å². The van der Waals surface area contributed by atoms with Crippen molar-refractivity contribution in [2.45, 2.75) is 39.2 Å². The predicted octanol–water partition coefficient (Wildman–Crippen LogP) is 0.830. The summed E-state index contributed by atoms with van der Waals surface area (Å²) in [4.78, 5) is 0. The molecule has 0 aliphatic heterocycles. The molecule has 0 aliphatic rings. The van der Waals surface area contributed by atoms with Gasteiger partial charge in [-0.25, -0.2) is 0 Å². The zero-order valence-electron chi connectivity index (χ0n) is 6.83. The van der Waals surface area contributed by atoms with E-state index in [4.69, 9.17) is 0 Å². The molecule has 0 aromatic heterocycles. The van der Waals surface area contributed by atoms with Crippen LogP contribution in [0.15, 0.2) is 0 Å². The minimum Gasteiger partial charge on any atom is -0.187 e. The zero-order chi connectivity index (χ0) is 8.91. The molecule has 0 spiro atoms. The maximum absolute atomic E-state index is 10.2. The quantitative estimate of drug-likeness (QED) is 0.681. The molecule has 0 fully saturated rings. The van der Waals surface area contributed by atoms with Crippen molar-refractivity contribution in [2.24, 2.45) is 0 Å². The van der Waals surface area contributed by atoms with E-state index >= 15 is 0 Å². The van der Waals surface area contributed by atoms with E-state index in [1.54, 1.807) is 0 Å². The van der Waals surface area contributed by atoms with Gasteiger partial charge in [-0.05, 0) is 12.8 Å². The van der Waals surface area contributed by atoms with Crippen molar-refractivity contribution in [3.63, 3.8) is 0 Å². The summed E-state index contributed by atoms with van der Waals surface area (Å²) in [5, 5.41) is 0. The van der Waals surface area contributed by atoms with Crippen LogP contribution in [0.3, 0.4) is 0 Å². The third-order valence-electron chi connectivity index (χ3n) is 1.44. The highest BCUT2D eigenvalue weighted by Crippen LogP contribution is 2.01. The van der Waals surface area contributed by atoms with E-state index in [0.29, 0.717) is 6.42 Å². The van der Waals surface area contributed by atoms with Gasteiger partial charge in [0.15, 0.2) is 0 Å². The fraction of sp³-hybridized carbons (Fsp3) is 1.00. The highest BCUT2D eigenvalue weighted by atomic mass is 32.2. The van der Waals surface area contributed by atoms with Gasteiger partial charge in [0.05, 0.1) is 0 Å². The second-order valence-electron chi connectivity index (χ2n) is 2.47. The van der Waals surface area contributed by atoms with Crippen LogP contribution >= 0.6 is 0 Å². The Balaban J connectivity index is 3.88. The van der Waals surface area contributed by atoms with Gasteiger partial charge in [-0.1, -0.05) is 24.8 Å². The van der Waals surface area contributed by atoms with E-state index in [9.17, 15) is 13.0 Å². The summed E-state index contributed by atoms with van der Waals surface area (Å²) in [5.74, 6) is 0. The second kappa shape index (κ2) is 4.69. The molecule has 0 rings (SSSR count). The molecular weight excluding hydrogens is 166 g/mol. The average molecular weight is 180 g/mol. The summed E-state index contributed by atoms with van der Waals surface area (Å²) in [6.07, 6.45) is 2.26. The van der Waals surface area contributed by atoms with Crippen LogP contribution in [0.2, 0.25) is 0 Å². The van der Waals surface area contributed by atoms with E-state index in [2.05, 4.69) is 0 Å². The first-order chi connectivity index (χ1) is 4.99. The Morgan fingerprint density at radius 2 is 1.91 bits per heavy atom. The first kappa shape index (κ1) is 10.9. The van der Waals surface area contributed by atoms with Crippen LogP contribution < -0.4 is 4.72 Å². The first-order valence-corrected chi connectivity index (χ1v) is 5.13. The molecule has 1 unspecified atom stereocenters. The lowest BCUT2D eigenvalue weighted by Crippen LogP contribution is -2.32. The number of hydrogen-bond donors (Lipinski definition) is 1. The van der Waals surface area contributed by atoms with Crippen molar-refractivity contribution in [1.29, 1.82) is 0 Å². The van der Waals surface area contributed by atoms with Gasteiger partial charge < -0.3 is 0 Å². The van der Waals surface area contributed by atoms with Crippen molar-refractivity contribution in [3.05, 3.63) is 0 Å². The fourth-order valence-corrected chi connectivity index (χ4v) is 1.59. The molecule has 1 N–H and O–H groups in total. The Hall–Kier alpha value is -0.130. The Bertz CT molecular complexity index is 188. The lowest BCUT2D eigenvalue weighted by Gasteiger charge is -2.11. The van der Waals surface area contributed by atoms with Crippen LogP contribution in [0.5, 0.6) is 0 Å². The van der Waals surface area contributed by atoms with Gasteiger partial charge in [0.25, 0.3) is 0 Å². The molecule has 67 valence electrons. The van der Waals surface area contributed by atoms with Gasteiger partial charge in [-0.3, -0.25) is 0 Å². The summed E-state index contributed by atoms with van der Waals surface area (Å²) in [5.41, 5.74) is 0. The summed E-state index contributed by atoms with van der Waals surface area (Å²) >= 11 is 0. The smallest absolute Gasteiger partial charge is 0.187 e. The highest BCUT2D eigenvalue weighted by Gasteiger charge is 2.12. The van der Waals surface area contributed by atoms with Crippen LogP contribution in [0.4, 0.5) is 0 Å². The first-order valence-electron chi connectivity index (χ1n) is 3.72. The maximum Gasteiger partial charge on any atom is 0.363 e. The normalized spacial score (nSPS) is 14.8. The molecule has 0 saturated heterocycles. The van der Waals surface area contributed by atoms with Gasteiger partial charge in [-0.15, -0.1) is 0 Å². The Kier molecular flexibility index (Phi) is 4.63. The number of rotatable bonds is 5. The van der Waals surface area contributed by atoms with Crippen molar-refractivity contribution < 1.29 is 13.0 Å². The molecule has 11 heavy (non-hydrogen) atoms. The molecule has 0 saturated carbocycles. The predicted molar refractivity (Wildman–Crippen MR) is 41.7 cm³/mol. The van der Waals surface area contributed by atoms with Crippen molar-refractivity contribution in [3.8, 4) is 0 Å². The monoisotopic (exact) mass is 180 g/mol. The van der Waals surface area contributed by atoms with E-state index in [0.717, 1.165) is 12.8 Å². The van der Waals surface area contributed by atoms with E-state index in [1.165, 1.54) is 0 Å². The van der Waals surface area contributed by atoms with Crippen molar-refractivity contribution in [2.75, 3.05) is 0 Å². The molecule has 1 radical (unpaired) electrons. The molecule has 0 aromatic rings. The van der Waals surface area contributed by atoms with Crippen LogP contribution in [-0.4, -0.2) is 14.5 Å². The largest absolute Gasteiger partial charge is 0.363 e. The van der Waals surface area contributed by atoms with Gasteiger partial charge in [0.2, 0.25) is 0 Å². The van der Waals surface area contributed by atoms with E-state index in [-0.39, 0.29) is 6.04 Å². The van der Waals surface area contributed by atoms with E-state index < -0.39 is 10.3 Å². The van der Waals surface area contributed by atoms with E-state index in [1.807, 2.05) is 18.6 Å². The van der Waals surface area contributed by atoms with Crippen LogP contribution in [0.1, 0.15) is 33.1 Å². The number of nitrogens with one attached hydrogen (secondary N) is 1. The molecule has 0 aliphatic carbocycles. The molecule has 1 atom stereocenters. The topological polar surface area (TPSA) is 66.1 Å². The molecule has 0 bridgehead atoms. The summed E-state index contributed by atoms with van der Waals surface area (Å²) < 4.78 is 32.6. The lowest BCUT2D eigenvalue weighted by molar-refractivity contribution is 0.385. The van der Waals surface area contributed by atoms with Gasteiger partial charge >= 0.3 is 10.3 Å². The van der Waals surface area contributed by atoms with Gasteiger partial charge in [0, 0.05) is 6.04 Å². The Labute approximate surface area is 67.9 Å². The molecule has 0 heterocycles. The summed E-state index contributed by atoms with van der Waals surface area (Å²) in [6, 6.07) is -0.192. The van der Waals surface area contributed by atoms with Crippen molar-refractivity contribution in [1.82, 2.24) is 4.72 Å². The minimum absolute atomic E-state index is 0.192. The summed E-state index contributed by atoms with van der Waals surface area (Å²) in [7, 11) is -4.26. The minimum atomic E-state index is -4.26. The fourth-order valence-electron chi connectivity index (χ4n) is 0.899. The molecule has 0 aromatic carbocycles. The van der Waals surface area contributed by atoms with Gasteiger partial charge in [0.1, 0.15) is 0 Å². The Morgan fingerprint density at radius 1 is 1.36 bits per heavy atom. The zero-order valence-corrected chi connectivity index (χ0v) is 7.65. The number of hydrogen-bond acceptors (Lipinski definition) is 2. The molecule has 0 amide bonds. The molecular formula is C6H14NO3S. The SMILES string of the molecule is CCCC(CC)NS([O])(=O)=O. The van der Waals surface area contributed by atoms with Crippen LogP contribution in [0, 0.1) is 0 Å². The van der Waals surface area contributed by atoms with Crippen molar-refractivity contribution >= 4 is 10.3 Å². The Morgan fingerprint density at radius 3 is 2.18 bits per heavy atom. The molecule has 5 heteroatoms. The van der Waals surface area contributed by atoms with Crippen LogP contribution in [0.25, 0.3) is 0 Å². The third-order valence-corrected chi connectivity index (χ3v) is 2.06. The third kappa shape index (κ3) is 6.28. The summed E-state index contributed by atoms with van der Waals surface area (Å²) in [6.45, 7) is 3.79. The van der Waals surface area contributed by atoms with Gasteiger partial charge in [-0.2, -0.15) is 13.1 Å². The maximum atomic E-state index is 10.2. The standard InChI is InChI=1S/C6H14NO3S/c1-3-5-6(4-2)7-11(8,9)10/h6-7H,3-5H2,1-2H3. The average Bonchev–Trinajstić information content (AvgIpc) is 1.84. The highest BCUT2D eigenvalue weighted by molar-refractivity contribution is 7.83. The molecule has 4 nitrogen and oxygen atoms in total. The second-order valence-corrected chi connectivity index (χ2v) is 3.61. The lowest BCUT2D eigenvalue weighted by atomic mass is 10.1.